The third-order valence-corrected chi connectivity index (χ3v) is 7.71. The monoisotopic (exact) mass is 437 g/mol. The van der Waals surface area contributed by atoms with E-state index in [0.717, 1.165) is 34.1 Å². The summed E-state index contributed by atoms with van der Waals surface area (Å²) in [7, 11) is 0. The summed E-state index contributed by atoms with van der Waals surface area (Å²) in [5, 5.41) is 0.886. The SMILES string of the molecule is C=C1Cc2c(CC)cc(/C=C(/SC(C)=NC3=CC(C)C(C)C=C3C)C(C)=O)cc2S1. The summed E-state index contributed by atoms with van der Waals surface area (Å²) >= 11 is 3.22. The highest BCUT2D eigenvalue weighted by Crippen LogP contribution is 2.42. The fourth-order valence-electron chi connectivity index (χ4n) is 3.80. The van der Waals surface area contributed by atoms with Crippen LogP contribution in [0, 0.1) is 11.8 Å². The number of allylic oxidation sites excluding steroid dienone is 5. The van der Waals surface area contributed by atoms with Gasteiger partial charge in [-0.1, -0.05) is 69.1 Å². The van der Waals surface area contributed by atoms with Crippen LogP contribution in [-0.4, -0.2) is 10.8 Å². The Balaban J connectivity index is 1.88. The zero-order chi connectivity index (χ0) is 22.0. The van der Waals surface area contributed by atoms with Gasteiger partial charge in [0.15, 0.2) is 5.78 Å². The maximum atomic E-state index is 12.4. The maximum absolute atomic E-state index is 12.4. The predicted molar refractivity (Wildman–Crippen MR) is 134 cm³/mol. The zero-order valence-electron chi connectivity index (χ0n) is 18.8. The Hall–Kier alpha value is -1.78. The largest absolute Gasteiger partial charge is 0.294 e. The van der Waals surface area contributed by atoms with Crippen LogP contribution in [0.25, 0.3) is 6.08 Å². The minimum Gasteiger partial charge on any atom is -0.294 e. The molecule has 158 valence electrons. The van der Waals surface area contributed by atoms with Crippen LogP contribution in [0.1, 0.15) is 58.2 Å². The zero-order valence-corrected chi connectivity index (χ0v) is 20.5. The smallest absolute Gasteiger partial charge is 0.166 e. The van der Waals surface area contributed by atoms with Gasteiger partial charge in [0.2, 0.25) is 0 Å². The Morgan fingerprint density at radius 2 is 1.97 bits per heavy atom. The molecule has 0 spiro atoms. The molecule has 1 aliphatic heterocycles. The van der Waals surface area contributed by atoms with Crippen molar-refractivity contribution in [3.05, 3.63) is 68.6 Å². The van der Waals surface area contributed by atoms with Gasteiger partial charge in [0.1, 0.15) is 0 Å². The number of hydrogen-bond donors (Lipinski definition) is 0. The van der Waals surface area contributed by atoms with Gasteiger partial charge in [0, 0.05) is 11.3 Å². The van der Waals surface area contributed by atoms with Crippen molar-refractivity contribution in [2.75, 3.05) is 0 Å². The van der Waals surface area contributed by atoms with Crippen molar-refractivity contribution in [1.82, 2.24) is 0 Å². The van der Waals surface area contributed by atoms with Crippen molar-refractivity contribution in [2.24, 2.45) is 16.8 Å². The van der Waals surface area contributed by atoms with Gasteiger partial charge in [-0.15, -0.1) is 0 Å². The van der Waals surface area contributed by atoms with Gasteiger partial charge in [-0.05, 0) is 78.3 Å². The highest BCUT2D eigenvalue weighted by Gasteiger charge is 2.20. The molecule has 1 aromatic carbocycles. The lowest BCUT2D eigenvalue weighted by Crippen LogP contribution is -2.09. The number of carbonyl (C=O) groups is 1. The minimum atomic E-state index is 0.0667. The average Bonchev–Trinajstić information content (AvgIpc) is 3.04. The van der Waals surface area contributed by atoms with Crippen molar-refractivity contribution < 1.29 is 4.79 Å². The molecule has 2 unspecified atom stereocenters. The quantitative estimate of drug-likeness (QED) is 0.270. The van der Waals surface area contributed by atoms with E-state index in [0.29, 0.717) is 11.8 Å². The van der Waals surface area contributed by atoms with Crippen molar-refractivity contribution in [2.45, 2.75) is 59.3 Å². The number of carbonyl (C=O) groups excluding carboxylic acids is 1. The molecule has 4 heteroatoms. The molecule has 0 radical (unpaired) electrons. The van der Waals surface area contributed by atoms with Gasteiger partial charge in [-0.3, -0.25) is 4.79 Å². The van der Waals surface area contributed by atoms with E-state index in [9.17, 15) is 4.79 Å². The summed E-state index contributed by atoms with van der Waals surface area (Å²) in [5.74, 6) is 1.07. The Bertz CT molecular complexity index is 1010. The molecule has 1 aliphatic carbocycles. The fourth-order valence-corrected chi connectivity index (χ4v) is 5.65. The van der Waals surface area contributed by atoms with Crippen LogP contribution in [0.15, 0.2) is 61.8 Å². The van der Waals surface area contributed by atoms with E-state index in [1.807, 2.05) is 13.0 Å². The van der Waals surface area contributed by atoms with Gasteiger partial charge < -0.3 is 0 Å². The lowest BCUT2D eigenvalue weighted by molar-refractivity contribution is -0.112. The van der Waals surface area contributed by atoms with E-state index >= 15 is 0 Å². The van der Waals surface area contributed by atoms with Crippen LogP contribution in [0.2, 0.25) is 0 Å². The summed E-state index contributed by atoms with van der Waals surface area (Å²) < 4.78 is 0. The van der Waals surface area contributed by atoms with Gasteiger partial charge in [0.05, 0.1) is 15.6 Å². The van der Waals surface area contributed by atoms with Crippen LogP contribution >= 0.6 is 23.5 Å². The molecule has 0 fully saturated rings. The van der Waals surface area contributed by atoms with E-state index in [1.165, 1.54) is 38.3 Å². The Morgan fingerprint density at radius 3 is 2.63 bits per heavy atom. The molecule has 0 bridgehead atoms. The third-order valence-electron chi connectivity index (χ3n) is 5.68. The molecule has 0 N–H and O–H groups in total. The number of aryl methyl sites for hydroxylation is 1. The lowest BCUT2D eigenvalue weighted by Gasteiger charge is -2.21. The highest BCUT2D eigenvalue weighted by molar-refractivity contribution is 8.18. The van der Waals surface area contributed by atoms with Crippen molar-refractivity contribution >= 4 is 40.4 Å². The Kier molecular flexibility index (Phi) is 7.30. The number of nitrogens with zero attached hydrogens (tertiary/aromatic N) is 1. The van der Waals surface area contributed by atoms with Crippen LogP contribution in [-0.2, 0) is 17.6 Å². The molecule has 30 heavy (non-hydrogen) atoms. The number of ketones is 1. The van der Waals surface area contributed by atoms with Crippen LogP contribution < -0.4 is 0 Å². The maximum Gasteiger partial charge on any atom is 0.166 e. The first-order valence-corrected chi connectivity index (χ1v) is 12.2. The van der Waals surface area contributed by atoms with Crippen molar-refractivity contribution in [1.29, 1.82) is 0 Å². The second-order valence-electron chi connectivity index (χ2n) is 8.25. The molecule has 0 aromatic heterocycles. The Labute approximate surface area is 189 Å². The van der Waals surface area contributed by atoms with Crippen LogP contribution in [0.4, 0.5) is 0 Å². The molecule has 0 amide bonds. The molecule has 2 atom stereocenters. The average molecular weight is 438 g/mol. The summed E-state index contributed by atoms with van der Waals surface area (Å²) in [6, 6.07) is 4.40. The van der Waals surface area contributed by atoms with Gasteiger partial charge in [-0.2, -0.15) is 0 Å². The lowest BCUT2D eigenvalue weighted by atomic mass is 9.87. The van der Waals surface area contributed by atoms with E-state index in [-0.39, 0.29) is 5.78 Å². The first-order chi connectivity index (χ1) is 14.2. The van der Waals surface area contributed by atoms with Crippen LogP contribution in [0.5, 0.6) is 0 Å². The first kappa shape index (κ1) is 22.9. The summed E-state index contributed by atoms with van der Waals surface area (Å²) in [5.41, 5.74) is 6.05. The third kappa shape index (κ3) is 5.28. The molecular formula is C26H31NOS2. The standard InChI is InChI=1S/C26H31NOS2/c1-8-22-12-21(14-26-23(22)11-18(5)29-26)13-25(19(6)28)30-20(7)27-24-10-16(3)15(2)9-17(24)4/h9-10,12-16H,5,8,11H2,1-4,6-7H3/b25-13+,27-20?. The summed E-state index contributed by atoms with van der Waals surface area (Å²) in [6.45, 7) is 16.5. The molecule has 0 saturated carbocycles. The van der Waals surface area contributed by atoms with E-state index < -0.39 is 0 Å². The number of Topliss-reactive ketones (excluding diaryl/α,β-unsaturated/α-hetero) is 1. The summed E-state index contributed by atoms with van der Waals surface area (Å²) in [6.07, 6.45) is 8.46. The Morgan fingerprint density at radius 1 is 1.27 bits per heavy atom. The minimum absolute atomic E-state index is 0.0667. The fraction of sp³-hybridized carbons (Fsp3) is 0.385. The number of rotatable bonds is 5. The van der Waals surface area contributed by atoms with E-state index in [2.05, 4.69) is 58.6 Å². The second-order valence-corrected chi connectivity index (χ2v) is 10.7. The van der Waals surface area contributed by atoms with Gasteiger partial charge in [0.25, 0.3) is 0 Å². The van der Waals surface area contributed by atoms with Crippen molar-refractivity contribution in [3.63, 3.8) is 0 Å². The number of fused-ring (bicyclic) bond motifs is 1. The van der Waals surface area contributed by atoms with E-state index in [4.69, 9.17) is 4.99 Å². The van der Waals surface area contributed by atoms with Crippen LogP contribution in [0.3, 0.4) is 0 Å². The molecule has 2 aliphatic rings. The topological polar surface area (TPSA) is 29.4 Å². The van der Waals surface area contributed by atoms with Crippen molar-refractivity contribution in [3.8, 4) is 0 Å². The predicted octanol–water partition coefficient (Wildman–Crippen LogP) is 7.61. The normalized spacial score (nSPS) is 22.0. The van der Waals surface area contributed by atoms with Gasteiger partial charge in [-0.25, -0.2) is 4.99 Å². The molecule has 2 nitrogen and oxygen atoms in total. The molecule has 1 heterocycles. The first-order valence-electron chi connectivity index (χ1n) is 10.6. The number of aliphatic imine (C=N–C) groups is 1. The highest BCUT2D eigenvalue weighted by atomic mass is 32.2. The van der Waals surface area contributed by atoms with E-state index in [1.54, 1.807) is 18.7 Å². The summed E-state index contributed by atoms with van der Waals surface area (Å²) in [4.78, 5) is 20.4. The number of benzene rings is 1. The number of thioether (sulfide) groups is 2. The molecule has 0 saturated heterocycles. The molecular weight excluding hydrogens is 406 g/mol. The number of hydrogen-bond acceptors (Lipinski definition) is 4. The van der Waals surface area contributed by atoms with Gasteiger partial charge >= 0.3 is 0 Å². The second kappa shape index (κ2) is 9.57. The molecule has 1 aromatic rings. The molecule has 3 rings (SSSR count).